The second-order valence-electron chi connectivity index (χ2n) is 9.11. The standard InChI is InChI=1S/C28H35N2O3/c1-23-29(18-19-30(23)22-24-12-6-4-7-13-24)20-21-33-27(31)28(32,26-16-10-5-11-17-26)25-14-8-2-3-9-15-25/h4-7,10-13,16-19,25,32H,2-3,8-9,14-15,20-22H2,1H3/q+1. The van der Waals surface area contributed by atoms with Gasteiger partial charge in [-0.05, 0) is 24.0 Å². The fourth-order valence-electron chi connectivity index (χ4n) is 4.98. The third-order valence-corrected chi connectivity index (χ3v) is 6.99. The predicted octanol–water partition coefficient (Wildman–Crippen LogP) is 4.53. The number of esters is 1. The number of imidazole rings is 1. The van der Waals surface area contributed by atoms with Gasteiger partial charge in [0.15, 0.2) is 5.60 Å². The summed E-state index contributed by atoms with van der Waals surface area (Å²) in [5.41, 5.74) is 0.288. The lowest BCUT2D eigenvalue weighted by atomic mass is 9.77. The van der Waals surface area contributed by atoms with Crippen LogP contribution < -0.4 is 4.57 Å². The van der Waals surface area contributed by atoms with Crippen LogP contribution in [0.4, 0.5) is 0 Å². The highest BCUT2D eigenvalue weighted by molar-refractivity contribution is 5.81. The van der Waals surface area contributed by atoms with Crippen molar-refractivity contribution in [2.75, 3.05) is 6.61 Å². The van der Waals surface area contributed by atoms with Gasteiger partial charge < -0.3 is 9.84 Å². The van der Waals surface area contributed by atoms with E-state index in [2.05, 4.69) is 34.4 Å². The predicted molar refractivity (Wildman–Crippen MR) is 127 cm³/mol. The summed E-state index contributed by atoms with van der Waals surface area (Å²) in [5, 5.41) is 11.7. The first kappa shape index (κ1) is 23.2. The molecule has 0 saturated heterocycles. The van der Waals surface area contributed by atoms with Crippen molar-refractivity contribution in [1.29, 1.82) is 0 Å². The third kappa shape index (κ3) is 5.36. The molecule has 1 aliphatic carbocycles. The fraction of sp³-hybridized carbons (Fsp3) is 0.429. The second-order valence-corrected chi connectivity index (χ2v) is 9.11. The van der Waals surface area contributed by atoms with Crippen molar-refractivity contribution in [3.8, 4) is 0 Å². The van der Waals surface area contributed by atoms with Crippen LogP contribution >= 0.6 is 0 Å². The van der Waals surface area contributed by atoms with E-state index in [9.17, 15) is 9.90 Å². The fourth-order valence-corrected chi connectivity index (χ4v) is 4.98. The largest absolute Gasteiger partial charge is 0.459 e. The number of carbonyl (C=O) groups excluding carboxylic acids is 1. The number of aromatic nitrogens is 2. The van der Waals surface area contributed by atoms with Gasteiger partial charge in [0.1, 0.15) is 32.1 Å². The molecule has 1 aliphatic rings. The average molecular weight is 448 g/mol. The zero-order valence-corrected chi connectivity index (χ0v) is 19.5. The van der Waals surface area contributed by atoms with Gasteiger partial charge in [0, 0.05) is 12.8 Å². The van der Waals surface area contributed by atoms with Crippen molar-refractivity contribution in [3.05, 3.63) is 90.0 Å². The first-order valence-electron chi connectivity index (χ1n) is 12.1. The van der Waals surface area contributed by atoms with Crippen LogP contribution in [0, 0.1) is 12.8 Å². The Hall–Kier alpha value is -2.92. The second kappa shape index (κ2) is 10.8. The molecule has 1 unspecified atom stereocenters. The van der Waals surface area contributed by atoms with Gasteiger partial charge in [0.05, 0.1) is 0 Å². The lowest BCUT2D eigenvalue weighted by molar-refractivity contribution is -0.694. The molecule has 0 radical (unpaired) electrons. The van der Waals surface area contributed by atoms with Crippen molar-refractivity contribution in [1.82, 2.24) is 4.57 Å². The number of rotatable bonds is 8. The van der Waals surface area contributed by atoms with Crippen LogP contribution in [0.2, 0.25) is 0 Å². The molecule has 0 amide bonds. The molecule has 33 heavy (non-hydrogen) atoms. The number of hydrogen-bond acceptors (Lipinski definition) is 3. The third-order valence-electron chi connectivity index (χ3n) is 6.99. The van der Waals surface area contributed by atoms with Crippen LogP contribution in [0.25, 0.3) is 0 Å². The molecule has 0 bridgehead atoms. The maximum absolute atomic E-state index is 13.3. The molecular formula is C28H35N2O3+. The van der Waals surface area contributed by atoms with Gasteiger partial charge >= 0.3 is 5.97 Å². The number of carbonyl (C=O) groups is 1. The monoisotopic (exact) mass is 447 g/mol. The summed E-state index contributed by atoms with van der Waals surface area (Å²) in [4.78, 5) is 13.3. The first-order valence-corrected chi connectivity index (χ1v) is 12.1. The summed E-state index contributed by atoms with van der Waals surface area (Å²) in [7, 11) is 0. The van der Waals surface area contributed by atoms with Crippen molar-refractivity contribution in [2.24, 2.45) is 5.92 Å². The Morgan fingerprint density at radius 2 is 1.67 bits per heavy atom. The van der Waals surface area contributed by atoms with Crippen molar-refractivity contribution in [2.45, 2.75) is 64.1 Å². The van der Waals surface area contributed by atoms with Crippen molar-refractivity contribution < 1.29 is 19.2 Å². The maximum atomic E-state index is 13.3. The van der Waals surface area contributed by atoms with Gasteiger partial charge in [-0.25, -0.2) is 13.9 Å². The molecule has 1 heterocycles. The van der Waals surface area contributed by atoms with Crippen LogP contribution in [0.3, 0.4) is 0 Å². The Morgan fingerprint density at radius 3 is 2.33 bits per heavy atom. The van der Waals surface area contributed by atoms with Gasteiger partial charge in [-0.15, -0.1) is 0 Å². The summed E-state index contributed by atoms with van der Waals surface area (Å²) >= 11 is 0. The molecule has 1 fully saturated rings. The van der Waals surface area contributed by atoms with Gasteiger partial charge in [-0.1, -0.05) is 86.3 Å². The number of hydrogen-bond donors (Lipinski definition) is 1. The number of benzene rings is 2. The zero-order chi connectivity index (χ0) is 23.1. The Bertz CT molecular complexity index is 1020. The summed E-state index contributed by atoms with van der Waals surface area (Å²) in [6, 6.07) is 19.7. The van der Waals surface area contributed by atoms with E-state index >= 15 is 0 Å². The van der Waals surface area contributed by atoms with E-state index < -0.39 is 11.6 Å². The molecule has 0 aliphatic heterocycles. The average Bonchev–Trinajstić information content (AvgIpc) is 3.04. The molecule has 4 rings (SSSR count). The molecule has 174 valence electrons. The van der Waals surface area contributed by atoms with E-state index in [1.165, 1.54) is 5.56 Å². The Morgan fingerprint density at radius 1 is 1.03 bits per heavy atom. The van der Waals surface area contributed by atoms with E-state index in [-0.39, 0.29) is 12.5 Å². The molecule has 5 nitrogen and oxygen atoms in total. The van der Waals surface area contributed by atoms with Crippen molar-refractivity contribution in [3.63, 3.8) is 0 Å². The van der Waals surface area contributed by atoms with Gasteiger partial charge in [-0.2, -0.15) is 0 Å². The highest BCUT2D eigenvalue weighted by Crippen LogP contribution is 2.39. The topological polar surface area (TPSA) is 55.3 Å². The number of nitrogens with zero attached hydrogens (tertiary/aromatic N) is 2. The quantitative estimate of drug-likeness (QED) is 0.314. The molecule has 3 aromatic rings. The molecule has 0 spiro atoms. The molecule has 1 N–H and O–H groups in total. The van der Waals surface area contributed by atoms with Gasteiger partial charge in [-0.3, -0.25) is 0 Å². The van der Waals surface area contributed by atoms with E-state index in [0.29, 0.717) is 12.1 Å². The highest BCUT2D eigenvalue weighted by atomic mass is 16.5. The Labute approximate surface area is 196 Å². The zero-order valence-electron chi connectivity index (χ0n) is 19.5. The molecule has 1 atom stereocenters. The molecule has 1 aromatic heterocycles. The SMILES string of the molecule is Cc1n(CCOC(=O)C(O)(c2ccccc2)C2CCCCCC2)cc[n+]1Cc1ccccc1. The minimum atomic E-state index is -1.59. The van der Waals surface area contributed by atoms with E-state index in [4.69, 9.17) is 4.74 Å². The highest BCUT2D eigenvalue weighted by Gasteiger charge is 2.46. The van der Waals surface area contributed by atoms with Crippen LogP contribution in [0.15, 0.2) is 73.1 Å². The summed E-state index contributed by atoms with van der Waals surface area (Å²) < 4.78 is 9.99. The van der Waals surface area contributed by atoms with Crippen LogP contribution in [-0.4, -0.2) is 22.2 Å². The molecular weight excluding hydrogens is 412 g/mol. The first-order chi connectivity index (χ1) is 16.1. The summed E-state index contributed by atoms with van der Waals surface area (Å²) in [5.74, 6) is 0.454. The summed E-state index contributed by atoms with van der Waals surface area (Å²) in [6.07, 6.45) is 10.1. The molecule has 2 aromatic carbocycles. The normalized spacial score (nSPS) is 16.7. The van der Waals surface area contributed by atoms with E-state index in [0.717, 1.165) is 50.9 Å². The Balaban J connectivity index is 1.43. The van der Waals surface area contributed by atoms with Gasteiger partial charge in [0.25, 0.3) is 5.82 Å². The minimum absolute atomic E-state index is 0.115. The van der Waals surface area contributed by atoms with Crippen LogP contribution in [-0.2, 0) is 28.2 Å². The lowest BCUT2D eigenvalue weighted by Gasteiger charge is -2.34. The van der Waals surface area contributed by atoms with E-state index in [1.807, 2.05) is 54.7 Å². The Kier molecular flexibility index (Phi) is 7.61. The summed E-state index contributed by atoms with van der Waals surface area (Å²) in [6.45, 7) is 3.64. The van der Waals surface area contributed by atoms with Crippen LogP contribution in [0.5, 0.6) is 0 Å². The lowest BCUT2D eigenvalue weighted by Crippen LogP contribution is -2.44. The number of ether oxygens (including phenoxy) is 1. The molecule has 5 heteroatoms. The van der Waals surface area contributed by atoms with E-state index in [1.54, 1.807) is 0 Å². The smallest absolute Gasteiger partial charge is 0.343 e. The van der Waals surface area contributed by atoms with Crippen LogP contribution in [0.1, 0.15) is 55.5 Å². The van der Waals surface area contributed by atoms with Gasteiger partial charge in [0.2, 0.25) is 0 Å². The maximum Gasteiger partial charge on any atom is 0.343 e. The minimum Gasteiger partial charge on any atom is -0.459 e. The van der Waals surface area contributed by atoms with Crippen molar-refractivity contribution >= 4 is 5.97 Å². The molecule has 1 saturated carbocycles. The number of aliphatic hydroxyl groups is 1.